The van der Waals surface area contributed by atoms with Crippen LogP contribution in [0.1, 0.15) is 73.2 Å². The van der Waals surface area contributed by atoms with Gasteiger partial charge >= 0.3 is 0 Å². The lowest BCUT2D eigenvalue weighted by Gasteiger charge is -2.27. The Morgan fingerprint density at radius 1 is 1.08 bits per heavy atom. The van der Waals surface area contributed by atoms with E-state index in [1.54, 1.807) is 35.5 Å². The number of thioether (sulfide) groups is 1. The van der Waals surface area contributed by atoms with Gasteiger partial charge in [0.1, 0.15) is 18.6 Å². The molecule has 2 atom stereocenters. The number of ether oxygens (including phenoxy) is 3. The normalized spacial score (nSPS) is 18.4. The number of hydrogen-bond acceptors (Lipinski definition) is 9. The molecule has 0 spiro atoms. The monoisotopic (exact) mass is 715 g/mol. The lowest BCUT2D eigenvalue weighted by atomic mass is 9.88. The van der Waals surface area contributed by atoms with Gasteiger partial charge in [-0.3, -0.25) is 14.3 Å². The van der Waals surface area contributed by atoms with Crippen molar-refractivity contribution in [2.24, 2.45) is 17.8 Å². The van der Waals surface area contributed by atoms with Crippen LogP contribution in [-0.2, 0) is 32.3 Å². The number of halogens is 2. The summed E-state index contributed by atoms with van der Waals surface area (Å²) < 4.78 is 50.7. The summed E-state index contributed by atoms with van der Waals surface area (Å²) in [5, 5.41) is 14.2. The minimum absolute atomic E-state index is 0.0158. The van der Waals surface area contributed by atoms with Gasteiger partial charge in [0.05, 0.1) is 25.1 Å². The maximum Gasteiger partial charge on any atom is 0.273 e. The lowest BCUT2D eigenvalue weighted by molar-refractivity contribution is -0.163. The highest BCUT2D eigenvalue weighted by molar-refractivity contribution is 7.98. The van der Waals surface area contributed by atoms with Crippen LogP contribution < -0.4 is 10.6 Å². The Bertz CT molecular complexity index is 1630. The van der Waals surface area contributed by atoms with Crippen molar-refractivity contribution in [1.29, 1.82) is 0 Å². The minimum atomic E-state index is -0.963. The van der Waals surface area contributed by atoms with Gasteiger partial charge in [0.15, 0.2) is 17.8 Å². The molecule has 3 aromatic rings. The van der Waals surface area contributed by atoms with Crippen molar-refractivity contribution in [2.45, 2.75) is 90.8 Å². The third-order valence-corrected chi connectivity index (χ3v) is 10.2. The molecule has 15 heteroatoms. The zero-order valence-electron chi connectivity index (χ0n) is 29.0. The number of nitrogens with one attached hydrogen (secondary N) is 2. The Morgan fingerprint density at radius 2 is 1.86 bits per heavy atom. The molecule has 0 bridgehead atoms. The fraction of sp³-hybridized carbons (Fsp3) is 0.629. The number of carbonyl (C=O) groups excluding carboxylic acids is 2. The predicted molar refractivity (Wildman–Crippen MR) is 184 cm³/mol. The van der Waals surface area contributed by atoms with E-state index in [4.69, 9.17) is 14.2 Å². The largest absolute Gasteiger partial charge is 0.358 e. The Morgan fingerprint density at radius 3 is 2.54 bits per heavy atom. The van der Waals surface area contributed by atoms with Gasteiger partial charge in [-0.2, -0.15) is 26.3 Å². The number of pyridine rings is 1. The van der Waals surface area contributed by atoms with Gasteiger partial charge in [0, 0.05) is 35.7 Å². The summed E-state index contributed by atoms with van der Waals surface area (Å²) in [6.07, 6.45) is 9.99. The summed E-state index contributed by atoms with van der Waals surface area (Å²) in [6.45, 7) is 5.78. The Labute approximate surface area is 295 Å². The highest BCUT2D eigenvalue weighted by Crippen LogP contribution is 2.51. The average molecular weight is 716 g/mol. The minimum Gasteiger partial charge on any atom is -0.358 e. The van der Waals surface area contributed by atoms with Gasteiger partial charge in [-0.1, -0.05) is 0 Å². The second-order valence-corrected chi connectivity index (χ2v) is 14.4. The summed E-state index contributed by atoms with van der Waals surface area (Å²) in [4.78, 5) is 31.7. The fourth-order valence-electron chi connectivity index (χ4n) is 6.87. The zero-order valence-corrected chi connectivity index (χ0v) is 29.8. The van der Waals surface area contributed by atoms with Gasteiger partial charge in [0.2, 0.25) is 11.9 Å². The molecule has 3 aliphatic rings. The maximum atomic E-state index is 15.6. The number of amides is 2. The van der Waals surface area contributed by atoms with Gasteiger partial charge in [0.25, 0.3) is 5.91 Å². The molecule has 2 amide bonds. The van der Waals surface area contributed by atoms with Crippen molar-refractivity contribution >= 4 is 29.4 Å². The van der Waals surface area contributed by atoms with Crippen LogP contribution in [0.5, 0.6) is 0 Å². The molecule has 12 nitrogen and oxygen atoms in total. The Balaban J connectivity index is 1.14. The molecular formula is C35H47F2N7O5S. The maximum absolute atomic E-state index is 15.6. The van der Waals surface area contributed by atoms with Gasteiger partial charge in [-0.15, -0.1) is 0 Å². The van der Waals surface area contributed by atoms with E-state index in [-0.39, 0.29) is 54.4 Å². The summed E-state index contributed by atoms with van der Waals surface area (Å²) in [5.41, 5.74) is 2.00. The first-order valence-corrected chi connectivity index (χ1v) is 19.0. The molecule has 4 heterocycles. The Hall–Kier alpha value is -3.40. The summed E-state index contributed by atoms with van der Waals surface area (Å²) >= 11 is 1.69. The van der Waals surface area contributed by atoms with Crippen molar-refractivity contribution in [3.05, 3.63) is 47.2 Å². The first-order chi connectivity index (χ1) is 24.2. The number of carbonyl (C=O) groups is 2. The third kappa shape index (κ3) is 8.90. The van der Waals surface area contributed by atoms with Gasteiger partial charge < -0.3 is 24.8 Å². The molecule has 2 aliphatic carbocycles. The van der Waals surface area contributed by atoms with E-state index in [9.17, 15) is 9.59 Å². The van der Waals surface area contributed by atoms with E-state index in [0.29, 0.717) is 37.5 Å². The van der Waals surface area contributed by atoms with E-state index >= 15 is 8.78 Å². The molecule has 272 valence electrons. The van der Waals surface area contributed by atoms with Crippen LogP contribution in [0, 0.1) is 43.4 Å². The molecule has 1 aliphatic heterocycles. The third-order valence-electron chi connectivity index (χ3n) is 9.65. The van der Waals surface area contributed by atoms with E-state index in [0.717, 1.165) is 62.6 Å². The van der Waals surface area contributed by atoms with Gasteiger partial charge in [-0.05, 0) is 101 Å². The SMILES string of the molecule is CSCCOCn1nc(C)c(-c2ccc(NC(=O)[C@@H](NC(=O)c3c(F)cnn3CCCOC3CCCCO3)C(C3CC3)C3CC3)nc2F)c1C. The predicted octanol–water partition coefficient (Wildman–Crippen LogP) is 5.48. The molecular weight excluding hydrogens is 668 g/mol. The second-order valence-electron chi connectivity index (χ2n) is 13.4. The van der Waals surface area contributed by atoms with Crippen LogP contribution in [0.15, 0.2) is 18.3 Å². The van der Waals surface area contributed by atoms with Crippen LogP contribution >= 0.6 is 11.8 Å². The summed E-state index contributed by atoms with van der Waals surface area (Å²) in [6, 6.07) is 2.15. The van der Waals surface area contributed by atoms with Crippen molar-refractivity contribution in [1.82, 2.24) is 29.9 Å². The molecule has 50 heavy (non-hydrogen) atoms. The highest BCUT2D eigenvalue weighted by Gasteiger charge is 2.48. The zero-order chi connectivity index (χ0) is 35.2. The smallest absolute Gasteiger partial charge is 0.273 e. The number of hydrogen-bond donors (Lipinski definition) is 2. The average Bonchev–Trinajstić information content (AvgIpc) is 4.04. The molecule has 2 N–H and O–H groups in total. The van der Waals surface area contributed by atoms with E-state index in [2.05, 4.69) is 25.8 Å². The molecule has 1 unspecified atom stereocenters. The first kappa shape index (κ1) is 36.4. The number of nitrogens with zero attached hydrogens (tertiary/aromatic N) is 5. The fourth-order valence-corrected chi connectivity index (χ4v) is 7.15. The van der Waals surface area contributed by atoms with Crippen molar-refractivity contribution < 1.29 is 32.6 Å². The molecule has 3 aromatic heterocycles. The van der Waals surface area contributed by atoms with Crippen LogP contribution in [0.25, 0.3) is 11.1 Å². The number of rotatable bonds is 18. The Kier molecular flexibility index (Phi) is 12.2. The first-order valence-electron chi connectivity index (χ1n) is 17.6. The highest BCUT2D eigenvalue weighted by atomic mass is 32.2. The summed E-state index contributed by atoms with van der Waals surface area (Å²) in [5.74, 6) is -1.48. The molecule has 2 saturated carbocycles. The van der Waals surface area contributed by atoms with Gasteiger partial charge in [-0.25, -0.2) is 14.1 Å². The van der Waals surface area contributed by atoms with Crippen LogP contribution in [0.2, 0.25) is 0 Å². The van der Waals surface area contributed by atoms with Crippen molar-refractivity contribution in [3.63, 3.8) is 0 Å². The molecule has 6 rings (SSSR count). The lowest BCUT2D eigenvalue weighted by Crippen LogP contribution is -2.50. The van der Waals surface area contributed by atoms with Crippen LogP contribution in [0.4, 0.5) is 14.6 Å². The number of aryl methyl sites for hydroxylation is 2. The van der Waals surface area contributed by atoms with Crippen molar-refractivity contribution in [2.75, 3.05) is 37.1 Å². The number of aromatic nitrogens is 5. The second kappa shape index (κ2) is 16.7. The quantitative estimate of drug-likeness (QED) is 0.130. The molecule has 0 radical (unpaired) electrons. The topological polar surface area (TPSA) is 134 Å². The van der Waals surface area contributed by atoms with Crippen LogP contribution in [-0.4, -0.2) is 80.5 Å². The standard InChI is InChI=1S/C35H47F2N7O5S/c1-21-29(22(2)44(42-21)20-47-17-18-50-3)25-12-13-27(39-33(25)37)40-34(45)31(30(23-8-9-23)24-10-11-24)41-35(46)32-26(36)19-38-43(32)14-6-16-49-28-7-4-5-15-48-28/h12-13,19,23-24,28,30-31H,4-11,14-18,20H2,1-3H3,(H,41,46)(H,39,40,45)/t28?,31-/m0/s1. The van der Waals surface area contributed by atoms with E-state index in [1.807, 2.05) is 13.2 Å². The molecule has 3 fully saturated rings. The summed E-state index contributed by atoms with van der Waals surface area (Å²) in [7, 11) is 0. The molecule has 0 aromatic carbocycles. The molecule has 1 saturated heterocycles. The number of anilines is 1. The van der Waals surface area contributed by atoms with Crippen molar-refractivity contribution in [3.8, 4) is 11.1 Å². The van der Waals surface area contributed by atoms with E-state index in [1.165, 1.54) is 4.68 Å². The van der Waals surface area contributed by atoms with E-state index < -0.39 is 29.6 Å². The van der Waals surface area contributed by atoms with Crippen LogP contribution in [0.3, 0.4) is 0 Å².